The molecule has 0 aromatic heterocycles. The van der Waals surface area contributed by atoms with E-state index in [1.54, 1.807) is 0 Å². The van der Waals surface area contributed by atoms with Gasteiger partial charge in [0.25, 0.3) is 0 Å². The number of hydrogen-bond donors (Lipinski definition) is 1. The minimum absolute atomic E-state index is 0.284. The predicted molar refractivity (Wildman–Crippen MR) is 83.0 cm³/mol. The molecule has 0 radical (unpaired) electrons. The van der Waals surface area contributed by atoms with Crippen molar-refractivity contribution in [2.45, 2.75) is 88.9 Å². The summed E-state index contributed by atoms with van der Waals surface area (Å²) in [4.78, 5) is 2.85. The van der Waals surface area contributed by atoms with Crippen LogP contribution >= 0.6 is 0 Å². The highest BCUT2D eigenvalue weighted by atomic mass is 16.5. The molecule has 2 aliphatic heterocycles. The van der Waals surface area contributed by atoms with Gasteiger partial charge in [-0.05, 0) is 65.0 Å². The first-order chi connectivity index (χ1) is 9.74. The molecular weight excluding hydrogens is 248 g/mol. The van der Waals surface area contributed by atoms with Gasteiger partial charge in [0.15, 0.2) is 0 Å². The van der Waals surface area contributed by atoms with E-state index in [4.69, 9.17) is 4.74 Å². The van der Waals surface area contributed by atoms with Gasteiger partial charge in [0.1, 0.15) is 0 Å². The van der Waals surface area contributed by atoms with Crippen molar-refractivity contribution in [3.63, 3.8) is 0 Å². The van der Waals surface area contributed by atoms with Gasteiger partial charge in [0.2, 0.25) is 0 Å². The first-order valence-electron chi connectivity index (χ1n) is 8.87. The number of piperidine rings is 1. The van der Waals surface area contributed by atoms with Crippen molar-refractivity contribution in [2.75, 3.05) is 19.7 Å². The molecule has 0 aromatic rings. The average Bonchev–Trinajstić information content (AvgIpc) is 2.46. The first-order valence-corrected chi connectivity index (χ1v) is 8.87. The highest BCUT2D eigenvalue weighted by Crippen LogP contribution is 2.44. The topological polar surface area (TPSA) is 24.5 Å². The van der Waals surface area contributed by atoms with E-state index in [1.165, 1.54) is 57.9 Å². The fourth-order valence-corrected chi connectivity index (χ4v) is 4.63. The summed E-state index contributed by atoms with van der Waals surface area (Å²) in [6, 6.07) is 2.14. The summed E-state index contributed by atoms with van der Waals surface area (Å²) < 4.78 is 6.12. The van der Waals surface area contributed by atoms with Gasteiger partial charge in [-0.15, -0.1) is 0 Å². The lowest BCUT2D eigenvalue weighted by molar-refractivity contribution is -0.154. The van der Waals surface area contributed by atoms with E-state index in [9.17, 15) is 0 Å². The lowest BCUT2D eigenvalue weighted by Gasteiger charge is -2.52. The van der Waals surface area contributed by atoms with Crippen molar-refractivity contribution in [1.82, 2.24) is 10.2 Å². The summed E-state index contributed by atoms with van der Waals surface area (Å²) >= 11 is 0. The molecule has 3 rings (SSSR count). The third-order valence-electron chi connectivity index (χ3n) is 5.90. The Labute approximate surface area is 124 Å². The van der Waals surface area contributed by atoms with Gasteiger partial charge in [-0.25, -0.2) is 0 Å². The van der Waals surface area contributed by atoms with Gasteiger partial charge >= 0.3 is 0 Å². The van der Waals surface area contributed by atoms with E-state index in [0.29, 0.717) is 6.04 Å². The van der Waals surface area contributed by atoms with Crippen LogP contribution in [0.15, 0.2) is 0 Å². The van der Waals surface area contributed by atoms with Gasteiger partial charge in [0, 0.05) is 24.7 Å². The van der Waals surface area contributed by atoms with Crippen LogP contribution in [-0.2, 0) is 4.74 Å². The van der Waals surface area contributed by atoms with E-state index < -0.39 is 0 Å². The SMILES string of the molecule is CCNC(C)C1CCCCN1C1CCOC2(CCC2)C1. The molecule has 20 heavy (non-hydrogen) atoms. The number of rotatable bonds is 4. The van der Waals surface area contributed by atoms with E-state index in [0.717, 1.165) is 25.2 Å². The van der Waals surface area contributed by atoms with Crippen LogP contribution in [0.25, 0.3) is 0 Å². The molecule has 3 heteroatoms. The Balaban J connectivity index is 1.65. The van der Waals surface area contributed by atoms with Crippen molar-refractivity contribution in [3.05, 3.63) is 0 Å². The molecule has 116 valence electrons. The molecule has 3 atom stereocenters. The van der Waals surface area contributed by atoms with E-state index >= 15 is 0 Å². The molecule has 2 heterocycles. The van der Waals surface area contributed by atoms with Crippen molar-refractivity contribution >= 4 is 0 Å². The van der Waals surface area contributed by atoms with Crippen LogP contribution in [-0.4, -0.2) is 48.3 Å². The van der Waals surface area contributed by atoms with Gasteiger partial charge in [-0.1, -0.05) is 13.3 Å². The third-order valence-corrected chi connectivity index (χ3v) is 5.90. The highest BCUT2D eigenvalue weighted by Gasteiger charge is 2.45. The molecule has 3 aliphatic rings. The Kier molecular flexibility index (Phi) is 4.68. The molecule has 0 amide bonds. The van der Waals surface area contributed by atoms with Gasteiger partial charge in [0.05, 0.1) is 5.60 Å². The Hall–Kier alpha value is -0.120. The summed E-state index contributed by atoms with van der Waals surface area (Å²) in [6.45, 7) is 7.99. The van der Waals surface area contributed by atoms with Gasteiger partial charge in [-0.3, -0.25) is 4.90 Å². The normalized spacial score (nSPS) is 35.7. The first kappa shape index (κ1) is 14.8. The summed E-state index contributed by atoms with van der Waals surface area (Å²) in [7, 11) is 0. The Bertz CT molecular complexity index is 316. The predicted octanol–water partition coefficient (Wildman–Crippen LogP) is 2.94. The molecule has 1 aliphatic carbocycles. The summed E-state index contributed by atoms with van der Waals surface area (Å²) in [5, 5.41) is 3.66. The monoisotopic (exact) mass is 280 g/mol. The molecule has 0 aromatic carbocycles. The number of likely N-dealkylation sites (tertiary alicyclic amines) is 1. The Morgan fingerprint density at radius 2 is 2.10 bits per heavy atom. The van der Waals surface area contributed by atoms with Crippen LogP contribution in [0.4, 0.5) is 0 Å². The number of likely N-dealkylation sites (N-methyl/N-ethyl adjacent to an activating group) is 1. The molecule has 1 spiro atoms. The Morgan fingerprint density at radius 3 is 2.80 bits per heavy atom. The standard InChI is InChI=1S/C17H32N2O/c1-3-18-14(2)16-7-4-5-11-19(16)15-8-12-20-17(13-15)9-6-10-17/h14-16,18H,3-13H2,1-2H3. The molecule has 1 saturated carbocycles. The summed E-state index contributed by atoms with van der Waals surface area (Å²) in [5.74, 6) is 0. The van der Waals surface area contributed by atoms with E-state index in [1.807, 2.05) is 0 Å². The number of ether oxygens (including phenoxy) is 1. The Morgan fingerprint density at radius 1 is 1.25 bits per heavy atom. The van der Waals surface area contributed by atoms with Crippen molar-refractivity contribution in [3.8, 4) is 0 Å². The minimum Gasteiger partial charge on any atom is -0.375 e. The fraction of sp³-hybridized carbons (Fsp3) is 1.00. The average molecular weight is 280 g/mol. The molecule has 1 N–H and O–H groups in total. The maximum Gasteiger partial charge on any atom is 0.0697 e. The van der Waals surface area contributed by atoms with Crippen LogP contribution in [0, 0.1) is 0 Å². The zero-order chi connectivity index (χ0) is 14.0. The third kappa shape index (κ3) is 2.90. The quantitative estimate of drug-likeness (QED) is 0.857. The zero-order valence-corrected chi connectivity index (χ0v) is 13.4. The van der Waals surface area contributed by atoms with Gasteiger partial charge < -0.3 is 10.1 Å². The van der Waals surface area contributed by atoms with Crippen LogP contribution in [0.2, 0.25) is 0 Å². The van der Waals surface area contributed by atoms with Crippen LogP contribution < -0.4 is 5.32 Å². The largest absolute Gasteiger partial charge is 0.375 e. The fourth-order valence-electron chi connectivity index (χ4n) is 4.63. The van der Waals surface area contributed by atoms with Crippen molar-refractivity contribution in [2.24, 2.45) is 0 Å². The van der Waals surface area contributed by atoms with Crippen LogP contribution in [0.1, 0.15) is 65.2 Å². The molecular formula is C17H32N2O. The molecule has 0 bridgehead atoms. The van der Waals surface area contributed by atoms with Crippen LogP contribution in [0.3, 0.4) is 0 Å². The number of nitrogens with zero attached hydrogens (tertiary/aromatic N) is 1. The van der Waals surface area contributed by atoms with Gasteiger partial charge in [-0.2, -0.15) is 0 Å². The summed E-state index contributed by atoms with van der Waals surface area (Å²) in [6.07, 6.45) is 10.7. The van der Waals surface area contributed by atoms with Crippen molar-refractivity contribution < 1.29 is 4.74 Å². The second-order valence-electron chi connectivity index (χ2n) is 7.18. The maximum absolute atomic E-state index is 6.12. The molecule has 3 unspecified atom stereocenters. The molecule has 3 nitrogen and oxygen atoms in total. The number of nitrogens with one attached hydrogen (secondary N) is 1. The van der Waals surface area contributed by atoms with E-state index in [-0.39, 0.29) is 5.60 Å². The lowest BCUT2D eigenvalue weighted by Crippen LogP contribution is -2.59. The smallest absolute Gasteiger partial charge is 0.0697 e. The minimum atomic E-state index is 0.284. The second kappa shape index (κ2) is 6.33. The van der Waals surface area contributed by atoms with E-state index in [2.05, 4.69) is 24.1 Å². The molecule has 2 saturated heterocycles. The number of hydrogen-bond acceptors (Lipinski definition) is 3. The van der Waals surface area contributed by atoms with Crippen LogP contribution in [0.5, 0.6) is 0 Å². The highest BCUT2D eigenvalue weighted by molar-refractivity contribution is 4.99. The maximum atomic E-state index is 6.12. The zero-order valence-electron chi connectivity index (χ0n) is 13.4. The second-order valence-corrected chi connectivity index (χ2v) is 7.18. The molecule has 3 fully saturated rings. The lowest BCUT2D eigenvalue weighted by atomic mass is 9.73. The summed E-state index contributed by atoms with van der Waals surface area (Å²) in [5.41, 5.74) is 0.284. The van der Waals surface area contributed by atoms with Crippen molar-refractivity contribution in [1.29, 1.82) is 0 Å².